The van der Waals surface area contributed by atoms with Gasteiger partial charge in [0.1, 0.15) is 0 Å². The minimum absolute atomic E-state index is 0.0709. The lowest BCUT2D eigenvalue weighted by Crippen LogP contribution is -2.38. The second kappa shape index (κ2) is 6.43. The highest BCUT2D eigenvalue weighted by molar-refractivity contribution is 5.80. The van der Waals surface area contributed by atoms with Gasteiger partial charge in [-0.25, -0.2) is 0 Å². The molecule has 0 saturated carbocycles. The van der Waals surface area contributed by atoms with E-state index in [-0.39, 0.29) is 11.8 Å². The van der Waals surface area contributed by atoms with Crippen molar-refractivity contribution >= 4 is 11.6 Å². The summed E-state index contributed by atoms with van der Waals surface area (Å²) in [6.07, 6.45) is 4.31. The SMILES string of the molecule is CCCCCNC(=O)C1CNc2ccccc2C1. The van der Waals surface area contributed by atoms with Crippen molar-refractivity contribution in [1.82, 2.24) is 5.32 Å². The van der Waals surface area contributed by atoms with E-state index in [4.69, 9.17) is 0 Å². The average molecular weight is 246 g/mol. The largest absolute Gasteiger partial charge is 0.384 e. The van der Waals surface area contributed by atoms with Crippen LogP contribution < -0.4 is 10.6 Å². The zero-order valence-electron chi connectivity index (χ0n) is 11.0. The summed E-state index contributed by atoms with van der Waals surface area (Å²) in [5.41, 5.74) is 2.42. The summed E-state index contributed by atoms with van der Waals surface area (Å²) in [7, 11) is 0. The van der Waals surface area contributed by atoms with Crippen LogP contribution >= 0.6 is 0 Å². The van der Waals surface area contributed by atoms with Gasteiger partial charge in [0.25, 0.3) is 0 Å². The highest BCUT2D eigenvalue weighted by Crippen LogP contribution is 2.24. The molecule has 18 heavy (non-hydrogen) atoms. The molecule has 1 aromatic carbocycles. The predicted molar refractivity (Wildman–Crippen MR) is 74.7 cm³/mol. The Labute approximate surface area is 109 Å². The van der Waals surface area contributed by atoms with Crippen LogP contribution in [0.15, 0.2) is 24.3 Å². The van der Waals surface area contributed by atoms with E-state index >= 15 is 0 Å². The van der Waals surface area contributed by atoms with Crippen LogP contribution in [0.5, 0.6) is 0 Å². The number of rotatable bonds is 5. The molecule has 0 aliphatic carbocycles. The highest BCUT2D eigenvalue weighted by Gasteiger charge is 2.23. The van der Waals surface area contributed by atoms with Gasteiger partial charge in [-0.15, -0.1) is 0 Å². The molecule has 1 aliphatic heterocycles. The molecular formula is C15H22N2O. The number of carbonyl (C=O) groups is 1. The molecule has 98 valence electrons. The summed E-state index contributed by atoms with van der Waals surface area (Å²) in [6.45, 7) is 3.73. The summed E-state index contributed by atoms with van der Waals surface area (Å²) >= 11 is 0. The smallest absolute Gasteiger partial charge is 0.225 e. The second-order valence-electron chi connectivity index (χ2n) is 4.94. The molecular weight excluding hydrogens is 224 g/mol. The van der Waals surface area contributed by atoms with Gasteiger partial charge in [-0.05, 0) is 24.5 Å². The van der Waals surface area contributed by atoms with E-state index in [9.17, 15) is 4.79 Å². The van der Waals surface area contributed by atoms with Crippen LogP contribution in [-0.2, 0) is 11.2 Å². The van der Waals surface area contributed by atoms with E-state index in [1.54, 1.807) is 0 Å². The molecule has 0 spiro atoms. The number of hydrogen-bond acceptors (Lipinski definition) is 2. The number of anilines is 1. The second-order valence-corrected chi connectivity index (χ2v) is 4.94. The molecule has 3 nitrogen and oxygen atoms in total. The van der Waals surface area contributed by atoms with Crippen molar-refractivity contribution in [2.24, 2.45) is 5.92 Å². The Balaban J connectivity index is 1.83. The number of hydrogen-bond donors (Lipinski definition) is 2. The van der Waals surface area contributed by atoms with Crippen LogP contribution in [-0.4, -0.2) is 19.0 Å². The lowest BCUT2D eigenvalue weighted by Gasteiger charge is -2.25. The first kappa shape index (κ1) is 12.9. The zero-order chi connectivity index (χ0) is 12.8. The fourth-order valence-electron chi connectivity index (χ4n) is 2.36. The number of amides is 1. The van der Waals surface area contributed by atoms with Crippen molar-refractivity contribution in [2.45, 2.75) is 32.6 Å². The fourth-order valence-corrected chi connectivity index (χ4v) is 2.36. The molecule has 0 fully saturated rings. The normalized spacial score (nSPS) is 17.7. The Hall–Kier alpha value is -1.51. The molecule has 0 radical (unpaired) electrons. The number of fused-ring (bicyclic) bond motifs is 1. The molecule has 1 heterocycles. The monoisotopic (exact) mass is 246 g/mol. The zero-order valence-corrected chi connectivity index (χ0v) is 11.0. The van der Waals surface area contributed by atoms with Crippen LogP contribution in [0.2, 0.25) is 0 Å². The van der Waals surface area contributed by atoms with Gasteiger partial charge in [0.2, 0.25) is 5.91 Å². The summed E-state index contributed by atoms with van der Waals surface area (Å²) in [6, 6.07) is 8.22. The third-order valence-corrected chi connectivity index (χ3v) is 3.47. The van der Waals surface area contributed by atoms with Gasteiger partial charge in [-0.2, -0.15) is 0 Å². The van der Waals surface area contributed by atoms with Crippen LogP contribution in [0.1, 0.15) is 31.7 Å². The van der Waals surface area contributed by atoms with Gasteiger partial charge in [-0.1, -0.05) is 38.0 Å². The van der Waals surface area contributed by atoms with Gasteiger partial charge >= 0.3 is 0 Å². The third-order valence-electron chi connectivity index (χ3n) is 3.47. The minimum atomic E-state index is 0.0709. The molecule has 1 atom stereocenters. The van der Waals surface area contributed by atoms with Gasteiger partial charge < -0.3 is 10.6 Å². The summed E-state index contributed by atoms with van der Waals surface area (Å²) < 4.78 is 0. The standard InChI is InChI=1S/C15H22N2O/c1-2-3-6-9-16-15(18)13-10-12-7-4-5-8-14(12)17-11-13/h4-5,7-8,13,17H,2-3,6,9-11H2,1H3,(H,16,18). The predicted octanol–water partition coefficient (Wildman–Crippen LogP) is 2.58. The summed E-state index contributed by atoms with van der Waals surface area (Å²) in [5.74, 6) is 0.259. The van der Waals surface area contributed by atoms with Crippen molar-refractivity contribution in [3.8, 4) is 0 Å². The van der Waals surface area contributed by atoms with Crippen molar-refractivity contribution < 1.29 is 4.79 Å². The Morgan fingerprint density at radius 1 is 1.39 bits per heavy atom. The summed E-state index contributed by atoms with van der Waals surface area (Å²) in [4.78, 5) is 12.0. The molecule has 2 rings (SSSR count). The van der Waals surface area contributed by atoms with Gasteiger partial charge in [0.05, 0.1) is 5.92 Å². The Morgan fingerprint density at radius 2 is 2.22 bits per heavy atom. The van der Waals surface area contributed by atoms with Gasteiger partial charge in [0.15, 0.2) is 0 Å². The molecule has 1 amide bonds. The number of para-hydroxylation sites is 1. The van der Waals surface area contributed by atoms with Crippen LogP contribution in [0.25, 0.3) is 0 Å². The quantitative estimate of drug-likeness (QED) is 0.784. The van der Waals surface area contributed by atoms with E-state index in [0.717, 1.165) is 25.9 Å². The number of carbonyl (C=O) groups excluding carboxylic acids is 1. The molecule has 0 bridgehead atoms. The third kappa shape index (κ3) is 3.25. The first-order valence-electron chi connectivity index (χ1n) is 6.90. The molecule has 0 saturated heterocycles. The van der Waals surface area contributed by atoms with Crippen LogP contribution in [0.4, 0.5) is 5.69 Å². The Bertz CT molecular complexity index is 403. The van der Waals surface area contributed by atoms with Gasteiger partial charge in [-0.3, -0.25) is 4.79 Å². The number of nitrogens with one attached hydrogen (secondary N) is 2. The maximum absolute atomic E-state index is 12.0. The van der Waals surface area contributed by atoms with Crippen molar-refractivity contribution in [1.29, 1.82) is 0 Å². The van der Waals surface area contributed by atoms with E-state index in [1.165, 1.54) is 24.1 Å². The van der Waals surface area contributed by atoms with Crippen molar-refractivity contribution in [2.75, 3.05) is 18.4 Å². The first-order chi connectivity index (χ1) is 8.81. The van der Waals surface area contributed by atoms with Crippen LogP contribution in [0, 0.1) is 5.92 Å². The highest BCUT2D eigenvalue weighted by atomic mass is 16.1. The molecule has 0 aromatic heterocycles. The number of unbranched alkanes of at least 4 members (excludes halogenated alkanes) is 2. The molecule has 3 heteroatoms. The van der Waals surface area contributed by atoms with E-state index in [2.05, 4.69) is 29.7 Å². The van der Waals surface area contributed by atoms with Crippen LogP contribution in [0.3, 0.4) is 0 Å². The number of benzene rings is 1. The topological polar surface area (TPSA) is 41.1 Å². The minimum Gasteiger partial charge on any atom is -0.384 e. The average Bonchev–Trinajstić information content (AvgIpc) is 2.43. The fraction of sp³-hybridized carbons (Fsp3) is 0.533. The van der Waals surface area contributed by atoms with Gasteiger partial charge in [0, 0.05) is 18.8 Å². The Kier molecular flexibility index (Phi) is 4.62. The van der Waals surface area contributed by atoms with E-state index < -0.39 is 0 Å². The molecule has 1 aromatic rings. The molecule has 2 N–H and O–H groups in total. The Morgan fingerprint density at radius 3 is 3.06 bits per heavy atom. The van der Waals surface area contributed by atoms with E-state index in [1.807, 2.05) is 12.1 Å². The summed E-state index contributed by atoms with van der Waals surface area (Å²) in [5, 5.41) is 6.37. The lowest BCUT2D eigenvalue weighted by molar-refractivity contribution is -0.124. The molecule has 1 unspecified atom stereocenters. The van der Waals surface area contributed by atoms with E-state index in [0.29, 0.717) is 0 Å². The molecule has 1 aliphatic rings. The van der Waals surface area contributed by atoms with Crippen molar-refractivity contribution in [3.63, 3.8) is 0 Å². The maximum Gasteiger partial charge on any atom is 0.225 e. The lowest BCUT2D eigenvalue weighted by atomic mass is 9.93. The van der Waals surface area contributed by atoms with Crippen molar-refractivity contribution in [3.05, 3.63) is 29.8 Å². The first-order valence-corrected chi connectivity index (χ1v) is 6.90. The maximum atomic E-state index is 12.0.